The zero-order valence-corrected chi connectivity index (χ0v) is 10.9. The van der Waals surface area contributed by atoms with E-state index in [0.29, 0.717) is 11.8 Å². The molecule has 2 fully saturated rings. The fourth-order valence-electron chi connectivity index (χ4n) is 3.54. The van der Waals surface area contributed by atoms with E-state index in [-0.39, 0.29) is 0 Å². The highest BCUT2D eigenvalue weighted by atomic mass is 16.1. The van der Waals surface area contributed by atoms with Crippen molar-refractivity contribution in [1.82, 2.24) is 4.90 Å². The molecule has 2 aliphatic rings. The minimum absolute atomic E-state index is 0.459. The molecule has 1 aliphatic carbocycles. The minimum atomic E-state index is 0.459. The van der Waals surface area contributed by atoms with Gasteiger partial charge in [-0.15, -0.1) is 0 Å². The van der Waals surface area contributed by atoms with E-state index in [9.17, 15) is 4.79 Å². The van der Waals surface area contributed by atoms with Gasteiger partial charge in [0.1, 0.15) is 5.78 Å². The van der Waals surface area contributed by atoms with Crippen molar-refractivity contribution in [2.45, 2.75) is 65.0 Å². The van der Waals surface area contributed by atoms with Gasteiger partial charge in [-0.05, 0) is 25.2 Å². The summed E-state index contributed by atoms with van der Waals surface area (Å²) in [6, 6.07) is 1.20. The van der Waals surface area contributed by atoms with Crippen LogP contribution in [0, 0.1) is 11.8 Å². The Morgan fingerprint density at radius 2 is 1.94 bits per heavy atom. The van der Waals surface area contributed by atoms with Crippen molar-refractivity contribution in [2.75, 3.05) is 6.54 Å². The third-order valence-electron chi connectivity index (χ3n) is 4.83. The van der Waals surface area contributed by atoms with E-state index >= 15 is 0 Å². The highest BCUT2D eigenvalue weighted by molar-refractivity contribution is 5.79. The molecule has 0 N–H and O–H groups in total. The van der Waals surface area contributed by atoms with Crippen LogP contribution in [0.4, 0.5) is 0 Å². The molecule has 0 aromatic heterocycles. The van der Waals surface area contributed by atoms with Gasteiger partial charge in [0, 0.05) is 31.5 Å². The highest BCUT2D eigenvalue weighted by Crippen LogP contribution is 2.35. The van der Waals surface area contributed by atoms with Gasteiger partial charge in [-0.25, -0.2) is 0 Å². The molecule has 1 heterocycles. The Bertz CT molecular complexity index is 263. The lowest BCUT2D eigenvalue weighted by atomic mass is 9.76. The molecule has 0 spiro atoms. The van der Waals surface area contributed by atoms with Gasteiger partial charge in [-0.1, -0.05) is 26.7 Å². The Morgan fingerprint density at radius 1 is 1.19 bits per heavy atom. The first-order valence-electron chi connectivity index (χ1n) is 6.87. The van der Waals surface area contributed by atoms with Crippen molar-refractivity contribution in [3.8, 4) is 0 Å². The van der Waals surface area contributed by atoms with Gasteiger partial charge < -0.3 is 0 Å². The third kappa shape index (κ3) is 2.32. The highest BCUT2D eigenvalue weighted by Gasteiger charge is 2.35. The molecule has 92 valence electrons. The number of ketones is 1. The maximum Gasteiger partial charge on any atom is 0.135 e. The lowest BCUT2D eigenvalue weighted by Crippen LogP contribution is -2.51. The van der Waals surface area contributed by atoms with E-state index in [0.717, 1.165) is 37.3 Å². The van der Waals surface area contributed by atoms with Gasteiger partial charge in [-0.3, -0.25) is 9.69 Å². The second-order valence-corrected chi connectivity index (χ2v) is 5.91. The summed E-state index contributed by atoms with van der Waals surface area (Å²) in [5.74, 6) is 2.10. The van der Waals surface area contributed by atoms with Crippen molar-refractivity contribution >= 4 is 5.78 Å². The van der Waals surface area contributed by atoms with Crippen LogP contribution in [0.15, 0.2) is 0 Å². The predicted octanol–water partition coefficient (Wildman–Crippen LogP) is 2.86. The summed E-state index contributed by atoms with van der Waals surface area (Å²) in [5, 5.41) is 0. The van der Waals surface area contributed by atoms with E-state index in [1.54, 1.807) is 0 Å². The molecule has 0 radical (unpaired) electrons. The smallest absolute Gasteiger partial charge is 0.135 e. The third-order valence-corrected chi connectivity index (χ3v) is 4.83. The molecular formula is C14H25NO. The van der Waals surface area contributed by atoms with Crippen molar-refractivity contribution in [2.24, 2.45) is 11.8 Å². The molecule has 4 atom stereocenters. The number of piperidine rings is 1. The van der Waals surface area contributed by atoms with Crippen LogP contribution in [-0.2, 0) is 4.79 Å². The summed E-state index contributed by atoms with van der Waals surface area (Å²) < 4.78 is 0. The van der Waals surface area contributed by atoms with Gasteiger partial charge in [0.15, 0.2) is 0 Å². The average molecular weight is 223 g/mol. The van der Waals surface area contributed by atoms with E-state index in [1.807, 2.05) is 0 Å². The number of hydrogen-bond acceptors (Lipinski definition) is 2. The molecule has 0 amide bonds. The maximum absolute atomic E-state index is 11.4. The summed E-state index contributed by atoms with van der Waals surface area (Å²) in [6.07, 6.45) is 5.65. The van der Waals surface area contributed by atoms with Crippen LogP contribution in [0.1, 0.15) is 52.9 Å². The summed E-state index contributed by atoms with van der Waals surface area (Å²) in [6.45, 7) is 8.01. The normalized spacial score (nSPS) is 42.3. The Labute approximate surface area is 99.4 Å². The molecule has 1 aliphatic heterocycles. The van der Waals surface area contributed by atoms with Gasteiger partial charge in [0.25, 0.3) is 0 Å². The molecule has 4 unspecified atom stereocenters. The van der Waals surface area contributed by atoms with Crippen LogP contribution >= 0.6 is 0 Å². The number of hydrogen-bond donors (Lipinski definition) is 0. The molecular weight excluding hydrogens is 198 g/mol. The Hall–Kier alpha value is -0.370. The zero-order chi connectivity index (χ0) is 11.7. The first-order chi connectivity index (χ1) is 7.59. The van der Waals surface area contributed by atoms with Crippen LogP contribution in [0.5, 0.6) is 0 Å². The summed E-state index contributed by atoms with van der Waals surface area (Å²) in [7, 11) is 0. The van der Waals surface area contributed by atoms with Crippen molar-refractivity contribution < 1.29 is 4.79 Å². The average Bonchev–Trinajstić information content (AvgIpc) is 2.23. The fourth-order valence-corrected chi connectivity index (χ4v) is 3.54. The molecule has 2 heteroatoms. The van der Waals surface area contributed by atoms with Crippen LogP contribution in [-0.4, -0.2) is 29.3 Å². The second kappa shape index (κ2) is 4.87. The van der Waals surface area contributed by atoms with Crippen molar-refractivity contribution in [1.29, 1.82) is 0 Å². The number of carbonyl (C=O) groups excluding carboxylic acids is 1. The standard InChI is InChI=1S/C14H25NO/c1-10-5-4-6-14(12(10)3)15-8-7-13(16)9-11(15)2/h10-12,14H,4-9H2,1-3H3. The Balaban J connectivity index is 2.03. The molecule has 1 saturated carbocycles. The van der Waals surface area contributed by atoms with Crippen LogP contribution < -0.4 is 0 Å². The summed E-state index contributed by atoms with van der Waals surface area (Å²) in [5.41, 5.74) is 0. The molecule has 0 aromatic rings. The summed E-state index contributed by atoms with van der Waals surface area (Å²) >= 11 is 0. The predicted molar refractivity (Wildman–Crippen MR) is 66.4 cm³/mol. The Kier molecular flexibility index (Phi) is 3.68. The molecule has 2 nitrogen and oxygen atoms in total. The van der Waals surface area contributed by atoms with Gasteiger partial charge in [0.05, 0.1) is 0 Å². The maximum atomic E-state index is 11.4. The molecule has 16 heavy (non-hydrogen) atoms. The van der Waals surface area contributed by atoms with Gasteiger partial charge in [0.2, 0.25) is 0 Å². The Morgan fingerprint density at radius 3 is 2.62 bits per heavy atom. The number of rotatable bonds is 1. The van der Waals surface area contributed by atoms with E-state index in [1.165, 1.54) is 19.3 Å². The molecule has 1 saturated heterocycles. The van der Waals surface area contributed by atoms with E-state index < -0.39 is 0 Å². The largest absolute Gasteiger partial charge is 0.300 e. The summed E-state index contributed by atoms with van der Waals surface area (Å²) in [4.78, 5) is 14.0. The first-order valence-corrected chi connectivity index (χ1v) is 6.87. The lowest BCUT2D eigenvalue weighted by Gasteiger charge is -2.46. The molecule has 2 rings (SSSR count). The van der Waals surface area contributed by atoms with E-state index in [2.05, 4.69) is 25.7 Å². The lowest BCUT2D eigenvalue weighted by molar-refractivity contribution is -0.124. The van der Waals surface area contributed by atoms with E-state index in [4.69, 9.17) is 0 Å². The first kappa shape index (κ1) is 12.1. The van der Waals surface area contributed by atoms with Crippen molar-refractivity contribution in [3.05, 3.63) is 0 Å². The molecule has 0 aromatic carbocycles. The quantitative estimate of drug-likeness (QED) is 0.681. The van der Waals surface area contributed by atoms with Crippen LogP contribution in [0.25, 0.3) is 0 Å². The number of likely N-dealkylation sites (tertiary alicyclic amines) is 1. The second-order valence-electron chi connectivity index (χ2n) is 5.91. The minimum Gasteiger partial charge on any atom is -0.300 e. The SMILES string of the molecule is CC1CCCC(N2CCC(=O)CC2C)C1C. The number of Topliss-reactive ketones (excluding diaryl/α,β-unsaturated/α-hetero) is 1. The van der Waals surface area contributed by atoms with Gasteiger partial charge in [-0.2, -0.15) is 0 Å². The fraction of sp³-hybridized carbons (Fsp3) is 0.929. The van der Waals surface area contributed by atoms with Gasteiger partial charge >= 0.3 is 0 Å². The monoisotopic (exact) mass is 223 g/mol. The molecule has 0 bridgehead atoms. The van der Waals surface area contributed by atoms with Crippen molar-refractivity contribution in [3.63, 3.8) is 0 Å². The zero-order valence-electron chi connectivity index (χ0n) is 10.9. The van der Waals surface area contributed by atoms with Crippen LogP contribution in [0.3, 0.4) is 0 Å². The topological polar surface area (TPSA) is 20.3 Å². The number of nitrogens with zero attached hydrogens (tertiary/aromatic N) is 1. The number of carbonyl (C=O) groups is 1. The van der Waals surface area contributed by atoms with Crippen LogP contribution in [0.2, 0.25) is 0 Å².